The van der Waals surface area contributed by atoms with Gasteiger partial charge in [-0.25, -0.2) is 0 Å². The van der Waals surface area contributed by atoms with Crippen LogP contribution in [0.4, 0.5) is 0 Å². The van der Waals surface area contributed by atoms with E-state index < -0.39 is 0 Å². The Hall–Kier alpha value is -1.46. The Morgan fingerprint density at radius 3 is 2.45 bits per heavy atom. The maximum atomic E-state index is 12.9. The van der Waals surface area contributed by atoms with Crippen LogP contribution in [0.15, 0.2) is 24.5 Å². The Kier molecular flexibility index (Phi) is 5.49. The van der Waals surface area contributed by atoms with E-state index in [9.17, 15) is 4.79 Å². The van der Waals surface area contributed by atoms with Gasteiger partial charge in [-0.2, -0.15) is 0 Å². The predicted molar refractivity (Wildman–Crippen MR) is 79.3 cm³/mol. The summed E-state index contributed by atoms with van der Waals surface area (Å²) in [7, 11) is 0. The van der Waals surface area contributed by atoms with Crippen LogP contribution >= 0.6 is 0 Å². The number of carbonyl (C=O) groups excluding carboxylic acids is 1. The molecule has 1 fully saturated rings. The minimum atomic E-state index is -0.189. The van der Waals surface area contributed by atoms with Crippen molar-refractivity contribution in [3.05, 3.63) is 30.1 Å². The molecule has 1 aliphatic rings. The van der Waals surface area contributed by atoms with Crippen molar-refractivity contribution in [3.8, 4) is 0 Å². The van der Waals surface area contributed by atoms with Crippen LogP contribution in [-0.4, -0.2) is 60.0 Å². The van der Waals surface area contributed by atoms with Crippen LogP contribution in [0, 0.1) is 0 Å². The normalized spacial score (nSPS) is 17.2. The maximum Gasteiger partial charge on any atom is 0.244 e. The molecule has 1 N–H and O–H groups in total. The Bertz CT molecular complexity index is 413. The molecule has 2 heterocycles. The number of amides is 1. The van der Waals surface area contributed by atoms with Crippen molar-refractivity contribution >= 4 is 5.91 Å². The minimum Gasteiger partial charge on any atom is -0.338 e. The van der Waals surface area contributed by atoms with E-state index in [0.29, 0.717) is 0 Å². The number of hydrogen-bond acceptors (Lipinski definition) is 4. The summed E-state index contributed by atoms with van der Waals surface area (Å²) in [5.41, 5.74) is 1.03. The van der Waals surface area contributed by atoms with Crippen molar-refractivity contribution in [2.75, 3.05) is 39.3 Å². The van der Waals surface area contributed by atoms with E-state index in [-0.39, 0.29) is 11.9 Å². The highest BCUT2D eigenvalue weighted by atomic mass is 16.2. The summed E-state index contributed by atoms with van der Waals surface area (Å²) in [5, 5.41) is 3.29. The SMILES string of the molecule is CCN(CC)C(C(=O)N1CCNCC1)c1ccncc1. The molecule has 0 spiro atoms. The van der Waals surface area contributed by atoms with E-state index in [2.05, 4.69) is 29.0 Å². The number of pyridine rings is 1. The third-order valence-electron chi connectivity index (χ3n) is 3.86. The fourth-order valence-electron chi connectivity index (χ4n) is 2.70. The van der Waals surface area contributed by atoms with Crippen molar-refractivity contribution in [3.63, 3.8) is 0 Å². The third kappa shape index (κ3) is 3.35. The molecule has 1 aromatic rings. The molecule has 5 nitrogen and oxygen atoms in total. The minimum absolute atomic E-state index is 0.189. The van der Waals surface area contributed by atoms with E-state index in [1.165, 1.54) is 0 Å². The first kappa shape index (κ1) is 14.9. The number of aromatic nitrogens is 1. The number of nitrogens with one attached hydrogen (secondary N) is 1. The fourth-order valence-corrected chi connectivity index (χ4v) is 2.70. The quantitative estimate of drug-likeness (QED) is 0.868. The van der Waals surface area contributed by atoms with Crippen LogP contribution in [0.2, 0.25) is 0 Å². The van der Waals surface area contributed by atoms with Crippen molar-refractivity contribution in [2.24, 2.45) is 0 Å². The van der Waals surface area contributed by atoms with Gasteiger partial charge in [0.1, 0.15) is 6.04 Å². The molecule has 0 bridgehead atoms. The van der Waals surface area contributed by atoms with Crippen LogP contribution < -0.4 is 5.32 Å². The second kappa shape index (κ2) is 7.36. The molecule has 1 amide bonds. The Morgan fingerprint density at radius 2 is 1.90 bits per heavy atom. The summed E-state index contributed by atoms with van der Waals surface area (Å²) in [4.78, 5) is 21.1. The number of nitrogens with zero attached hydrogens (tertiary/aromatic N) is 3. The molecule has 5 heteroatoms. The van der Waals surface area contributed by atoms with E-state index in [0.717, 1.165) is 44.8 Å². The van der Waals surface area contributed by atoms with Gasteiger partial charge in [-0.1, -0.05) is 13.8 Å². The van der Waals surface area contributed by atoms with Gasteiger partial charge in [-0.3, -0.25) is 14.7 Å². The molecule has 110 valence electrons. The molecule has 2 rings (SSSR count). The lowest BCUT2D eigenvalue weighted by Gasteiger charge is -2.35. The van der Waals surface area contributed by atoms with Crippen molar-refractivity contribution < 1.29 is 4.79 Å². The second-order valence-corrected chi connectivity index (χ2v) is 4.98. The highest BCUT2D eigenvalue weighted by molar-refractivity contribution is 5.83. The van der Waals surface area contributed by atoms with E-state index in [4.69, 9.17) is 0 Å². The van der Waals surface area contributed by atoms with Crippen LogP contribution in [0.1, 0.15) is 25.5 Å². The van der Waals surface area contributed by atoms with Gasteiger partial charge in [-0.05, 0) is 30.8 Å². The van der Waals surface area contributed by atoms with Gasteiger partial charge in [0.25, 0.3) is 0 Å². The standard InChI is InChI=1S/C15H24N4O/c1-3-18(4-2)14(13-5-7-16-8-6-13)15(20)19-11-9-17-10-12-19/h5-8,14,17H,3-4,9-12H2,1-2H3. The lowest BCUT2D eigenvalue weighted by Crippen LogP contribution is -2.50. The fraction of sp³-hybridized carbons (Fsp3) is 0.600. The lowest BCUT2D eigenvalue weighted by atomic mass is 10.0. The smallest absolute Gasteiger partial charge is 0.244 e. The summed E-state index contributed by atoms with van der Waals surface area (Å²) in [6, 6.07) is 3.71. The summed E-state index contributed by atoms with van der Waals surface area (Å²) in [5.74, 6) is 0.210. The van der Waals surface area contributed by atoms with Crippen molar-refractivity contribution in [1.29, 1.82) is 0 Å². The number of carbonyl (C=O) groups is 1. The molecule has 0 aromatic carbocycles. The first-order chi connectivity index (χ1) is 9.77. The number of piperazine rings is 1. The zero-order valence-electron chi connectivity index (χ0n) is 12.4. The van der Waals surface area contributed by atoms with Crippen LogP contribution in [0.5, 0.6) is 0 Å². The number of rotatable bonds is 5. The van der Waals surface area contributed by atoms with Crippen molar-refractivity contribution in [1.82, 2.24) is 20.1 Å². The van der Waals surface area contributed by atoms with Gasteiger partial charge in [0, 0.05) is 38.6 Å². The van der Waals surface area contributed by atoms with Gasteiger partial charge >= 0.3 is 0 Å². The van der Waals surface area contributed by atoms with Gasteiger partial charge < -0.3 is 10.2 Å². The molecule has 0 aliphatic carbocycles. The summed E-state index contributed by atoms with van der Waals surface area (Å²) in [6.07, 6.45) is 3.52. The molecular formula is C15H24N4O. The summed E-state index contributed by atoms with van der Waals surface area (Å²) < 4.78 is 0. The lowest BCUT2D eigenvalue weighted by molar-refractivity contribution is -0.137. The second-order valence-electron chi connectivity index (χ2n) is 4.98. The van der Waals surface area contributed by atoms with E-state index in [1.807, 2.05) is 17.0 Å². The maximum absolute atomic E-state index is 12.9. The molecule has 0 radical (unpaired) electrons. The average molecular weight is 276 g/mol. The largest absolute Gasteiger partial charge is 0.338 e. The molecule has 1 aliphatic heterocycles. The first-order valence-electron chi connectivity index (χ1n) is 7.41. The number of hydrogen-bond donors (Lipinski definition) is 1. The van der Waals surface area contributed by atoms with E-state index >= 15 is 0 Å². The number of likely N-dealkylation sites (N-methyl/N-ethyl adjacent to an activating group) is 1. The molecule has 1 saturated heterocycles. The Balaban J connectivity index is 2.23. The van der Waals surface area contributed by atoms with Gasteiger partial charge in [0.15, 0.2) is 0 Å². The van der Waals surface area contributed by atoms with Crippen LogP contribution in [0.25, 0.3) is 0 Å². The topological polar surface area (TPSA) is 48.5 Å². The van der Waals surface area contributed by atoms with Crippen LogP contribution in [-0.2, 0) is 4.79 Å². The van der Waals surface area contributed by atoms with Gasteiger partial charge in [-0.15, -0.1) is 0 Å². The molecule has 1 unspecified atom stereocenters. The Labute approximate surface area is 121 Å². The van der Waals surface area contributed by atoms with E-state index in [1.54, 1.807) is 12.4 Å². The Morgan fingerprint density at radius 1 is 1.30 bits per heavy atom. The molecule has 0 saturated carbocycles. The van der Waals surface area contributed by atoms with Gasteiger partial charge in [0.05, 0.1) is 0 Å². The zero-order chi connectivity index (χ0) is 14.4. The van der Waals surface area contributed by atoms with Crippen LogP contribution in [0.3, 0.4) is 0 Å². The third-order valence-corrected chi connectivity index (χ3v) is 3.86. The predicted octanol–water partition coefficient (Wildman–Crippen LogP) is 0.896. The average Bonchev–Trinajstić information content (AvgIpc) is 2.53. The molecule has 1 atom stereocenters. The van der Waals surface area contributed by atoms with Crippen molar-refractivity contribution in [2.45, 2.75) is 19.9 Å². The summed E-state index contributed by atoms with van der Waals surface area (Å²) >= 11 is 0. The molecule has 20 heavy (non-hydrogen) atoms. The molecular weight excluding hydrogens is 252 g/mol. The highest BCUT2D eigenvalue weighted by Gasteiger charge is 2.30. The highest BCUT2D eigenvalue weighted by Crippen LogP contribution is 2.22. The monoisotopic (exact) mass is 276 g/mol. The molecule has 1 aromatic heterocycles. The zero-order valence-corrected chi connectivity index (χ0v) is 12.4. The summed E-state index contributed by atoms with van der Waals surface area (Å²) in [6.45, 7) is 9.28. The van der Waals surface area contributed by atoms with Gasteiger partial charge in [0.2, 0.25) is 5.91 Å². The first-order valence-corrected chi connectivity index (χ1v) is 7.41.